The molecule has 0 bridgehead atoms. The van der Waals surface area contributed by atoms with E-state index in [-0.39, 0.29) is 11.9 Å². The molecule has 25 heavy (non-hydrogen) atoms. The fourth-order valence-corrected chi connectivity index (χ4v) is 2.64. The first-order chi connectivity index (χ1) is 12.1. The largest absolute Gasteiger partial charge is 0.346 e. The summed E-state index contributed by atoms with van der Waals surface area (Å²) in [4.78, 5) is 12.1. The minimum atomic E-state index is -0.122. The van der Waals surface area contributed by atoms with Crippen LogP contribution in [0.1, 0.15) is 24.1 Å². The minimum Gasteiger partial charge on any atom is -0.346 e. The number of amides is 1. The molecule has 1 heterocycles. The summed E-state index contributed by atoms with van der Waals surface area (Å²) in [5.41, 5.74) is 4.32. The van der Waals surface area contributed by atoms with E-state index in [1.165, 1.54) is 17.2 Å². The van der Waals surface area contributed by atoms with Crippen LogP contribution >= 0.6 is 0 Å². The number of aromatic nitrogens is 2. The number of rotatable bonds is 5. The van der Waals surface area contributed by atoms with Crippen molar-refractivity contribution >= 4 is 12.0 Å². The number of nitrogens with zero attached hydrogens (tertiary/aromatic N) is 2. The molecule has 4 heteroatoms. The predicted molar refractivity (Wildman–Crippen MR) is 101 cm³/mol. The molecule has 0 radical (unpaired) electrons. The number of nitrogens with one attached hydrogen (secondary N) is 1. The zero-order valence-corrected chi connectivity index (χ0v) is 14.4. The Morgan fingerprint density at radius 1 is 1.08 bits per heavy atom. The van der Waals surface area contributed by atoms with Crippen LogP contribution in [0.3, 0.4) is 0 Å². The van der Waals surface area contributed by atoms with Gasteiger partial charge in [-0.25, -0.2) is 0 Å². The van der Waals surface area contributed by atoms with Gasteiger partial charge < -0.3 is 5.32 Å². The summed E-state index contributed by atoms with van der Waals surface area (Å²) in [6.07, 6.45) is 6.87. The molecule has 3 aromatic rings. The number of benzene rings is 2. The summed E-state index contributed by atoms with van der Waals surface area (Å²) in [6, 6.07) is 18.5. The molecular formula is C21H21N3O. The van der Waals surface area contributed by atoms with Crippen molar-refractivity contribution in [2.75, 3.05) is 0 Å². The molecule has 0 saturated carbocycles. The molecule has 3 rings (SSSR count). The monoisotopic (exact) mass is 331 g/mol. The molecule has 2 aromatic carbocycles. The highest BCUT2D eigenvalue weighted by Crippen LogP contribution is 2.21. The van der Waals surface area contributed by atoms with Crippen LogP contribution in [0.2, 0.25) is 0 Å². The molecule has 1 N–H and O–H groups in total. The van der Waals surface area contributed by atoms with Gasteiger partial charge in [-0.15, -0.1) is 0 Å². The Morgan fingerprint density at radius 3 is 2.40 bits per heavy atom. The molecule has 0 aliphatic rings. The Kier molecular flexibility index (Phi) is 5.09. The van der Waals surface area contributed by atoms with Crippen LogP contribution in [-0.4, -0.2) is 15.7 Å². The predicted octanol–water partition coefficient (Wildman–Crippen LogP) is 3.98. The lowest BCUT2D eigenvalue weighted by atomic mass is 10.0. The molecule has 4 nitrogen and oxygen atoms in total. The zero-order valence-electron chi connectivity index (χ0n) is 14.4. The van der Waals surface area contributed by atoms with Crippen molar-refractivity contribution in [3.05, 3.63) is 84.2 Å². The van der Waals surface area contributed by atoms with E-state index in [4.69, 9.17) is 0 Å². The average Bonchev–Trinajstić information content (AvgIpc) is 3.06. The second-order valence-electron chi connectivity index (χ2n) is 6.00. The standard InChI is InChI=1S/C21H21N3O/c1-16(23-21(25)13-8-17-14-22-24(2)15-17)18-9-11-20(12-10-18)19-6-4-3-5-7-19/h3-16H,1-2H3,(H,23,25)/b13-8-/t16-/m0/s1. The molecule has 0 saturated heterocycles. The molecule has 0 aliphatic heterocycles. The van der Waals surface area contributed by atoms with E-state index in [2.05, 4.69) is 46.8 Å². The normalized spacial score (nSPS) is 12.2. The summed E-state index contributed by atoms with van der Waals surface area (Å²) < 4.78 is 1.70. The summed E-state index contributed by atoms with van der Waals surface area (Å²) in [5.74, 6) is -0.122. The lowest BCUT2D eigenvalue weighted by Gasteiger charge is -2.13. The van der Waals surface area contributed by atoms with E-state index in [0.29, 0.717) is 0 Å². The molecule has 0 spiro atoms. The first-order valence-corrected chi connectivity index (χ1v) is 8.24. The van der Waals surface area contributed by atoms with Crippen molar-refractivity contribution in [1.29, 1.82) is 0 Å². The zero-order chi connectivity index (χ0) is 17.6. The molecule has 126 valence electrons. The number of carbonyl (C=O) groups is 1. The van der Waals surface area contributed by atoms with Gasteiger partial charge >= 0.3 is 0 Å². The first kappa shape index (κ1) is 16.7. The van der Waals surface area contributed by atoms with E-state index < -0.39 is 0 Å². The van der Waals surface area contributed by atoms with E-state index in [0.717, 1.165) is 11.1 Å². The Hall–Kier alpha value is -3.14. The SMILES string of the molecule is C[C@H](NC(=O)/C=C\c1cnn(C)c1)c1ccc(-c2ccccc2)cc1. The maximum absolute atomic E-state index is 12.1. The fourth-order valence-electron chi connectivity index (χ4n) is 2.64. The van der Waals surface area contributed by atoms with Gasteiger partial charge in [-0.3, -0.25) is 9.48 Å². The van der Waals surface area contributed by atoms with Crippen LogP contribution in [0.25, 0.3) is 17.2 Å². The van der Waals surface area contributed by atoms with Gasteiger partial charge in [0.15, 0.2) is 0 Å². The van der Waals surface area contributed by atoms with Crippen molar-refractivity contribution in [1.82, 2.24) is 15.1 Å². The van der Waals surface area contributed by atoms with Crippen LogP contribution in [0.15, 0.2) is 73.1 Å². The number of aryl methyl sites for hydroxylation is 1. The van der Waals surface area contributed by atoms with Gasteiger partial charge in [0.2, 0.25) is 5.91 Å². The average molecular weight is 331 g/mol. The molecule has 0 fully saturated rings. The second kappa shape index (κ2) is 7.62. The van der Waals surface area contributed by atoms with Crippen LogP contribution in [0, 0.1) is 0 Å². The molecule has 1 atom stereocenters. The Morgan fingerprint density at radius 2 is 1.76 bits per heavy atom. The Bertz CT molecular complexity index is 864. The third kappa shape index (κ3) is 4.44. The summed E-state index contributed by atoms with van der Waals surface area (Å²) in [6.45, 7) is 1.98. The molecule has 1 aromatic heterocycles. The van der Waals surface area contributed by atoms with Gasteiger partial charge in [0, 0.05) is 24.9 Å². The van der Waals surface area contributed by atoms with Crippen LogP contribution < -0.4 is 5.32 Å². The highest BCUT2D eigenvalue weighted by Gasteiger charge is 2.08. The van der Waals surface area contributed by atoms with E-state index in [1.54, 1.807) is 17.0 Å². The number of hydrogen-bond acceptors (Lipinski definition) is 2. The smallest absolute Gasteiger partial charge is 0.244 e. The van der Waals surface area contributed by atoms with E-state index in [9.17, 15) is 4.79 Å². The quantitative estimate of drug-likeness (QED) is 0.719. The van der Waals surface area contributed by atoms with Crippen LogP contribution in [0.5, 0.6) is 0 Å². The first-order valence-electron chi connectivity index (χ1n) is 8.24. The van der Waals surface area contributed by atoms with Gasteiger partial charge in [0.25, 0.3) is 0 Å². The maximum atomic E-state index is 12.1. The molecule has 0 unspecified atom stereocenters. The van der Waals surface area contributed by atoms with Crippen LogP contribution in [0.4, 0.5) is 0 Å². The Labute approximate surface area is 147 Å². The van der Waals surface area contributed by atoms with Gasteiger partial charge in [-0.2, -0.15) is 5.10 Å². The summed E-state index contributed by atoms with van der Waals surface area (Å²) in [7, 11) is 1.85. The van der Waals surface area contributed by atoms with Gasteiger partial charge in [0.05, 0.1) is 12.2 Å². The van der Waals surface area contributed by atoms with Gasteiger partial charge in [-0.1, -0.05) is 54.6 Å². The van der Waals surface area contributed by atoms with Crippen molar-refractivity contribution in [3.8, 4) is 11.1 Å². The second-order valence-corrected chi connectivity index (χ2v) is 6.00. The van der Waals surface area contributed by atoms with E-state index >= 15 is 0 Å². The maximum Gasteiger partial charge on any atom is 0.244 e. The number of carbonyl (C=O) groups excluding carboxylic acids is 1. The highest BCUT2D eigenvalue weighted by molar-refractivity contribution is 5.91. The number of hydrogen-bond donors (Lipinski definition) is 1. The minimum absolute atomic E-state index is 0.0594. The summed E-state index contributed by atoms with van der Waals surface area (Å²) in [5, 5.41) is 7.05. The third-order valence-electron chi connectivity index (χ3n) is 4.03. The fraction of sp³-hybridized carbons (Fsp3) is 0.143. The summed E-state index contributed by atoms with van der Waals surface area (Å²) >= 11 is 0. The van der Waals surface area contributed by atoms with Crippen molar-refractivity contribution < 1.29 is 4.79 Å². The van der Waals surface area contributed by atoms with Crippen molar-refractivity contribution in [3.63, 3.8) is 0 Å². The van der Waals surface area contributed by atoms with Crippen molar-refractivity contribution in [2.45, 2.75) is 13.0 Å². The van der Waals surface area contributed by atoms with Crippen molar-refractivity contribution in [2.24, 2.45) is 7.05 Å². The lowest BCUT2D eigenvalue weighted by molar-refractivity contribution is -0.117. The topological polar surface area (TPSA) is 46.9 Å². The van der Waals surface area contributed by atoms with Crippen LogP contribution in [-0.2, 0) is 11.8 Å². The lowest BCUT2D eigenvalue weighted by Crippen LogP contribution is -2.24. The highest BCUT2D eigenvalue weighted by atomic mass is 16.1. The molecule has 0 aliphatic carbocycles. The molecule has 1 amide bonds. The molecular weight excluding hydrogens is 310 g/mol. The van der Waals surface area contributed by atoms with Gasteiger partial charge in [-0.05, 0) is 29.7 Å². The third-order valence-corrected chi connectivity index (χ3v) is 4.03. The van der Waals surface area contributed by atoms with Gasteiger partial charge in [0.1, 0.15) is 0 Å². The van der Waals surface area contributed by atoms with E-state index in [1.807, 2.05) is 38.4 Å². The Balaban J connectivity index is 1.62.